The van der Waals surface area contributed by atoms with Gasteiger partial charge in [-0.25, -0.2) is 0 Å². The average Bonchev–Trinajstić information content (AvgIpc) is 2.60. The van der Waals surface area contributed by atoms with Crippen molar-refractivity contribution >= 4 is 11.8 Å². The molecule has 0 amide bonds. The van der Waals surface area contributed by atoms with E-state index in [1.807, 2.05) is 0 Å². The fourth-order valence-electron chi connectivity index (χ4n) is 3.32. The minimum absolute atomic E-state index is 0.0567. The number of hydrogen-bond donors (Lipinski definition) is 3. The smallest absolute Gasteiger partial charge is 0.320 e. The van der Waals surface area contributed by atoms with Crippen LogP contribution in [0.5, 0.6) is 0 Å². The largest absolute Gasteiger partial charge is 0.480 e. The van der Waals surface area contributed by atoms with E-state index in [1.165, 1.54) is 51.0 Å². The number of carboxylic acids is 1. The standard InChI is InChI=1S/C21H35NO4/c1-2-3-4-5-6-7-8-9-10-11-14-21(26)15-12-13-17(19(21)23)16-18(22)20(24)25/h12-13,15,18,26H,2-11,14,16,22H2,1H3,(H,24,25). The molecule has 5 nitrogen and oxygen atoms in total. The Hall–Kier alpha value is -1.46. The van der Waals surface area contributed by atoms with E-state index in [4.69, 9.17) is 10.8 Å². The Kier molecular flexibility index (Phi) is 10.4. The van der Waals surface area contributed by atoms with E-state index in [0.717, 1.165) is 19.3 Å². The van der Waals surface area contributed by atoms with Crippen molar-refractivity contribution in [3.8, 4) is 0 Å². The van der Waals surface area contributed by atoms with Crippen LogP contribution >= 0.6 is 0 Å². The van der Waals surface area contributed by atoms with Gasteiger partial charge in [-0.1, -0.05) is 76.9 Å². The van der Waals surface area contributed by atoms with Crippen LogP contribution in [0.3, 0.4) is 0 Å². The van der Waals surface area contributed by atoms with E-state index in [0.29, 0.717) is 6.42 Å². The maximum Gasteiger partial charge on any atom is 0.320 e. The monoisotopic (exact) mass is 365 g/mol. The number of carbonyl (C=O) groups is 2. The lowest BCUT2D eigenvalue weighted by atomic mass is 9.82. The Morgan fingerprint density at radius 1 is 1.08 bits per heavy atom. The van der Waals surface area contributed by atoms with Gasteiger partial charge >= 0.3 is 5.97 Å². The fraction of sp³-hybridized carbons (Fsp3) is 0.714. The maximum atomic E-state index is 12.5. The number of aliphatic hydroxyl groups is 1. The van der Waals surface area contributed by atoms with Gasteiger partial charge in [0.1, 0.15) is 11.6 Å². The van der Waals surface area contributed by atoms with Gasteiger partial charge in [-0.2, -0.15) is 0 Å². The molecule has 1 aliphatic rings. The van der Waals surface area contributed by atoms with E-state index < -0.39 is 23.4 Å². The molecule has 0 fully saturated rings. The number of carboxylic acid groups (broad SMARTS) is 1. The molecular weight excluding hydrogens is 330 g/mol. The number of carbonyl (C=O) groups excluding carboxylic acids is 1. The van der Waals surface area contributed by atoms with Gasteiger partial charge in [-0.3, -0.25) is 9.59 Å². The molecule has 0 spiro atoms. The van der Waals surface area contributed by atoms with Crippen molar-refractivity contribution < 1.29 is 19.8 Å². The summed E-state index contributed by atoms with van der Waals surface area (Å²) in [5, 5.41) is 19.5. The summed E-state index contributed by atoms with van der Waals surface area (Å²) in [5.74, 6) is -1.56. The topological polar surface area (TPSA) is 101 Å². The molecule has 2 unspecified atom stereocenters. The first-order valence-electron chi connectivity index (χ1n) is 10.0. The highest BCUT2D eigenvalue weighted by Gasteiger charge is 2.37. The van der Waals surface area contributed by atoms with E-state index >= 15 is 0 Å². The summed E-state index contributed by atoms with van der Waals surface area (Å²) in [6, 6.07) is -1.13. The summed E-state index contributed by atoms with van der Waals surface area (Å²) < 4.78 is 0. The Labute approximate surface area is 157 Å². The molecule has 0 bridgehead atoms. The Bertz CT molecular complexity index is 512. The molecule has 0 aromatic rings. The highest BCUT2D eigenvalue weighted by molar-refractivity contribution is 6.05. The number of aliphatic carboxylic acids is 1. The summed E-state index contributed by atoms with van der Waals surface area (Å²) in [7, 11) is 0. The van der Waals surface area contributed by atoms with Crippen LogP contribution in [-0.4, -0.2) is 33.6 Å². The van der Waals surface area contributed by atoms with Gasteiger partial charge in [-0.05, 0) is 18.9 Å². The first kappa shape index (κ1) is 22.6. The van der Waals surface area contributed by atoms with Crippen LogP contribution < -0.4 is 5.73 Å². The predicted molar refractivity (Wildman–Crippen MR) is 104 cm³/mol. The number of hydrogen-bond acceptors (Lipinski definition) is 4. The number of Topliss-reactive ketones (excluding diaryl/α,β-unsaturated/α-hetero) is 1. The zero-order chi connectivity index (χ0) is 19.4. The molecular formula is C21H35NO4. The summed E-state index contributed by atoms with van der Waals surface area (Å²) in [6.45, 7) is 2.22. The van der Waals surface area contributed by atoms with Crippen LogP contribution in [0.15, 0.2) is 23.8 Å². The second kappa shape index (κ2) is 12.0. The molecule has 0 saturated carbocycles. The second-order valence-electron chi connectivity index (χ2n) is 7.39. The number of rotatable bonds is 14. The summed E-state index contributed by atoms with van der Waals surface area (Å²) in [5.41, 5.74) is 4.28. The zero-order valence-electron chi connectivity index (χ0n) is 16.1. The molecule has 148 valence electrons. The van der Waals surface area contributed by atoms with Gasteiger partial charge in [-0.15, -0.1) is 0 Å². The molecule has 0 aromatic heterocycles. The van der Waals surface area contributed by atoms with Crippen molar-refractivity contribution in [1.82, 2.24) is 0 Å². The molecule has 26 heavy (non-hydrogen) atoms. The van der Waals surface area contributed by atoms with Gasteiger partial charge in [0.2, 0.25) is 0 Å². The van der Waals surface area contributed by atoms with Crippen LogP contribution in [0.1, 0.15) is 84.0 Å². The van der Waals surface area contributed by atoms with E-state index in [9.17, 15) is 14.7 Å². The van der Waals surface area contributed by atoms with Crippen molar-refractivity contribution in [2.45, 2.75) is 95.6 Å². The summed E-state index contributed by atoms with van der Waals surface area (Å²) >= 11 is 0. The van der Waals surface area contributed by atoms with Gasteiger partial charge in [0.05, 0.1) is 0 Å². The summed E-state index contributed by atoms with van der Waals surface area (Å²) in [6.07, 6.45) is 16.9. The Morgan fingerprint density at radius 2 is 1.62 bits per heavy atom. The van der Waals surface area contributed by atoms with E-state index in [2.05, 4.69) is 6.92 Å². The molecule has 2 atom stereocenters. The lowest BCUT2D eigenvalue weighted by Gasteiger charge is -2.27. The van der Waals surface area contributed by atoms with Crippen LogP contribution in [-0.2, 0) is 9.59 Å². The van der Waals surface area contributed by atoms with Crippen molar-refractivity contribution in [1.29, 1.82) is 0 Å². The number of unbranched alkanes of at least 4 members (excludes halogenated alkanes) is 9. The SMILES string of the molecule is CCCCCCCCCCCCC1(O)C=CC=C(CC(N)C(=O)O)C1=O. The molecule has 4 N–H and O–H groups in total. The third-order valence-corrected chi connectivity index (χ3v) is 5.02. The average molecular weight is 366 g/mol. The molecule has 0 radical (unpaired) electrons. The first-order valence-corrected chi connectivity index (χ1v) is 10.0. The lowest BCUT2D eigenvalue weighted by Crippen LogP contribution is -2.41. The van der Waals surface area contributed by atoms with Crippen molar-refractivity contribution in [3.63, 3.8) is 0 Å². The second-order valence-corrected chi connectivity index (χ2v) is 7.39. The summed E-state index contributed by atoms with van der Waals surface area (Å²) in [4.78, 5) is 23.3. The van der Waals surface area contributed by atoms with Crippen molar-refractivity contribution in [2.24, 2.45) is 5.73 Å². The van der Waals surface area contributed by atoms with E-state index in [-0.39, 0.29) is 12.0 Å². The Morgan fingerprint density at radius 3 is 2.15 bits per heavy atom. The molecule has 0 aromatic carbocycles. The number of ketones is 1. The van der Waals surface area contributed by atoms with Crippen LogP contribution in [0.4, 0.5) is 0 Å². The first-order chi connectivity index (χ1) is 12.4. The normalized spacial score (nSPS) is 20.9. The van der Waals surface area contributed by atoms with Gasteiger partial charge in [0, 0.05) is 12.0 Å². The molecule has 1 rings (SSSR count). The van der Waals surface area contributed by atoms with Crippen LogP contribution in [0.25, 0.3) is 0 Å². The third kappa shape index (κ3) is 7.83. The highest BCUT2D eigenvalue weighted by atomic mass is 16.4. The van der Waals surface area contributed by atoms with Gasteiger partial charge in [0.25, 0.3) is 0 Å². The van der Waals surface area contributed by atoms with Gasteiger partial charge in [0.15, 0.2) is 5.78 Å². The highest BCUT2D eigenvalue weighted by Crippen LogP contribution is 2.27. The quantitative estimate of drug-likeness (QED) is 0.405. The van der Waals surface area contributed by atoms with Crippen molar-refractivity contribution in [2.75, 3.05) is 0 Å². The number of allylic oxidation sites excluding steroid dienone is 2. The minimum Gasteiger partial charge on any atom is -0.480 e. The molecule has 1 aliphatic carbocycles. The molecule has 0 heterocycles. The molecule has 5 heteroatoms. The minimum atomic E-state index is -1.51. The third-order valence-electron chi connectivity index (χ3n) is 5.02. The molecule has 0 saturated heterocycles. The fourth-order valence-corrected chi connectivity index (χ4v) is 3.32. The van der Waals surface area contributed by atoms with Crippen molar-refractivity contribution in [3.05, 3.63) is 23.8 Å². The van der Waals surface area contributed by atoms with Gasteiger partial charge < -0.3 is 15.9 Å². The van der Waals surface area contributed by atoms with Crippen LogP contribution in [0.2, 0.25) is 0 Å². The predicted octanol–water partition coefficient (Wildman–Crippen LogP) is 3.90. The van der Waals surface area contributed by atoms with E-state index in [1.54, 1.807) is 12.2 Å². The Balaban J connectivity index is 2.26. The zero-order valence-corrected chi connectivity index (χ0v) is 16.1. The van der Waals surface area contributed by atoms with Crippen LogP contribution in [0, 0.1) is 0 Å². The lowest BCUT2D eigenvalue weighted by molar-refractivity contribution is -0.138. The number of nitrogens with two attached hydrogens (primary N) is 1. The molecule has 0 aliphatic heterocycles. The maximum absolute atomic E-state index is 12.5.